The van der Waals surface area contributed by atoms with Gasteiger partial charge in [0.1, 0.15) is 11.9 Å². The summed E-state index contributed by atoms with van der Waals surface area (Å²) < 4.78 is 5.85. The summed E-state index contributed by atoms with van der Waals surface area (Å²) in [5.41, 5.74) is 9.33. The van der Waals surface area contributed by atoms with Crippen molar-refractivity contribution >= 4 is 17.3 Å². The van der Waals surface area contributed by atoms with Crippen molar-refractivity contribution in [1.82, 2.24) is 0 Å². The zero-order valence-electron chi connectivity index (χ0n) is 12.9. The van der Waals surface area contributed by atoms with Crippen LogP contribution in [0.3, 0.4) is 0 Å². The molecule has 2 N–H and O–H groups in total. The Balaban J connectivity index is 1.85. The smallest absolute Gasteiger partial charge is 0.231 e. The molecule has 0 bridgehead atoms. The molecule has 1 aliphatic heterocycles. The van der Waals surface area contributed by atoms with E-state index in [2.05, 4.69) is 0 Å². The molecule has 4 heteroatoms. The van der Waals surface area contributed by atoms with E-state index >= 15 is 0 Å². The molecule has 2 aromatic carbocycles. The van der Waals surface area contributed by atoms with Gasteiger partial charge in [-0.3, -0.25) is 4.79 Å². The van der Waals surface area contributed by atoms with Crippen LogP contribution >= 0.6 is 0 Å². The average molecular weight is 296 g/mol. The Bertz CT molecular complexity index is 695. The predicted molar refractivity (Wildman–Crippen MR) is 88.2 cm³/mol. The van der Waals surface area contributed by atoms with Crippen LogP contribution in [0.15, 0.2) is 42.5 Å². The molecule has 4 nitrogen and oxygen atoms in total. The van der Waals surface area contributed by atoms with Gasteiger partial charge in [0.2, 0.25) is 5.91 Å². The fourth-order valence-electron chi connectivity index (χ4n) is 2.69. The van der Waals surface area contributed by atoms with E-state index in [1.165, 1.54) is 0 Å². The molecule has 1 atom stereocenters. The van der Waals surface area contributed by atoms with Gasteiger partial charge in [0.05, 0.1) is 18.7 Å². The number of anilines is 2. The zero-order valence-corrected chi connectivity index (χ0v) is 12.9. The van der Waals surface area contributed by atoms with Crippen molar-refractivity contribution in [1.29, 1.82) is 0 Å². The first-order valence-corrected chi connectivity index (χ1v) is 7.45. The highest BCUT2D eigenvalue weighted by Gasteiger charge is 2.27. The van der Waals surface area contributed by atoms with Crippen molar-refractivity contribution < 1.29 is 9.53 Å². The lowest BCUT2D eigenvalue weighted by atomic mass is 10.1. The molecule has 0 saturated heterocycles. The lowest BCUT2D eigenvalue weighted by Crippen LogP contribution is -2.43. The summed E-state index contributed by atoms with van der Waals surface area (Å²) in [7, 11) is 0. The number of rotatable bonds is 2. The van der Waals surface area contributed by atoms with E-state index in [-0.39, 0.29) is 12.0 Å². The maximum absolute atomic E-state index is 12.7. The van der Waals surface area contributed by atoms with Crippen LogP contribution in [0.4, 0.5) is 11.4 Å². The van der Waals surface area contributed by atoms with Gasteiger partial charge >= 0.3 is 0 Å². The van der Waals surface area contributed by atoms with E-state index in [0.29, 0.717) is 18.7 Å². The minimum atomic E-state index is -0.00957. The topological polar surface area (TPSA) is 55.6 Å². The van der Waals surface area contributed by atoms with E-state index in [9.17, 15) is 4.79 Å². The van der Waals surface area contributed by atoms with Gasteiger partial charge < -0.3 is 15.4 Å². The zero-order chi connectivity index (χ0) is 15.7. The highest BCUT2D eigenvalue weighted by atomic mass is 16.5. The van der Waals surface area contributed by atoms with Crippen molar-refractivity contribution in [3.05, 3.63) is 53.6 Å². The molecule has 3 rings (SSSR count). The highest BCUT2D eigenvalue weighted by Crippen LogP contribution is 2.34. The lowest BCUT2D eigenvalue weighted by Gasteiger charge is -2.33. The minimum Gasteiger partial charge on any atom is -0.487 e. The third kappa shape index (κ3) is 2.91. The first kappa shape index (κ1) is 14.4. The summed E-state index contributed by atoms with van der Waals surface area (Å²) >= 11 is 0. The largest absolute Gasteiger partial charge is 0.487 e. The van der Waals surface area contributed by atoms with Gasteiger partial charge in [0, 0.05) is 5.69 Å². The molecule has 0 saturated carbocycles. The molecule has 1 amide bonds. The van der Waals surface area contributed by atoms with Crippen molar-refractivity contribution in [3.63, 3.8) is 0 Å². The fraction of sp³-hybridized carbons (Fsp3) is 0.278. The summed E-state index contributed by atoms with van der Waals surface area (Å²) in [5.74, 6) is 0.856. The second-order valence-corrected chi connectivity index (χ2v) is 5.82. The number of nitrogens with two attached hydrogens (primary N) is 1. The van der Waals surface area contributed by atoms with Crippen LogP contribution in [0, 0.1) is 6.92 Å². The molecule has 0 aliphatic carbocycles. The lowest BCUT2D eigenvalue weighted by molar-refractivity contribution is -0.118. The number of hydrogen-bond acceptors (Lipinski definition) is 3. The minimum absolute atomic E-state index is 0.00957. The van der Waals surface area contributed by atoms with Crippen molar-refractivity contribution in [2.24, 2.45) is 0 Å². The molecule has 1 heterocycles. The number of fused-ring (bicyclic) bond motifs is 1. The van der Waals surface area contributed by atoms with E-state index in [1.807, 2.05) is 61.2 Å². The Morgan fingerprint density at radius 2 is 2.00 bits per heavy atom. The van der Waals surface area contributed by atoms with Gasteiger partial charge in [-0.05, 0) is 49.2 Å². The molecule has 0 fully saturated rings. The molecule has 0 radical (unpaired) electrons. The number of benzene rings is 2. The summed E-state index contributed by atoms with van der Waals surface area (Å²) in [6.45, 7) is 4.57. The second-order valence-electron chi connectivity index (χ2n) is 5.82. The summed E-state index contributed by atoms with van der Waals surface area (Å²) in [5, 5.41) is 0. The van der Waals surface area contributed by atoms with Crippen LogP contribution in [0.1, 0.15) is 18.1 Å². The van der Waals surface area contributed by atoms with Crippen LogP contribution in [0.2, 0.25) is 0 Å². The molecule has 2 aromatic rings. The normalized spacial score (nSPS) is 16.8. The van der Waals surface area contributed by atoms with Crippen LogP contribution in [-0.4, -0.2) is 18.6 Å². The second kappa shape index (κ2) is 5.72. The predicted octanol–water partition coefficient (Wildman–Crippen LogP) is 2.93. The van der Waals surface area contributed by atoms with Gasteiger partial charge in [0.25, 0.3) is 0 Å². The first-order valence-electron chi connectivity index (χ1n) is 7.45. The van der Waals surface area contributed by atoms with E-state index in [0.717, 1.165) is 22.6 Å². The molecular formula is C18H20N2O2. The molecule has 114 valence electrons. The van der Waals surface area contributed by atoms with E-state index in [4.69, 9.17) is 10.5 Å². The number of hydrogen-bond donors (Lipinski definition) is 1. The summed E-state index contributed by atoms with van der Waals surface area (Å²) in [6.07, 6.45) is 0.352. The van der Waals surface area contributed by atoms with Crippen LogP contribution in [0.5, 0.6) is 5.75 Å². The third-order valence-electron chi connectivity index (χ3n) is 3.81. The number of carbonyl (C=O) groups excluding carboxylic acids is 1. The maximum atomic E-state index is 12.7. The third-order valence-corrected chi connectivity index (χ3v) is 3.81. The van der Waals surface area contributed by atoms with E-state index < -0.39 is 0 Å². The van der Waals surface area contributed by atoms with Crippen LogP contribution < -0.4 is 15.4 Å². The maximum Gasteiger partial charge on any atom is 0.231 e. The fourth-order valence-corrected chi connectivity index (χ4v) is 2.69. The van der Waals surface area contributed by atoms with Gasteiger partial charge in [-0.25, -0.2) is 0 Å². The number of aryl methyl sites for hydroxylation is 1. The summed E-state index contributed by atoms with van der Waals surface area (Å²) in [4.78, 5) is 14.5. The number of nitrogens with zero attached hydrogens (tertiary/aromatic N) is 1. The summed E-state index contributed by atoms with van der Waals surface area (Å²) in [6, 6.07) is 13.4. The Kier molecular flexibility index (Phi) is 3.75. The standard InChI is InChI=1S/C18H20N2O2/c1-12-3-8-16-17(9-12)22-13(2)11-20(16)18(21)10-14-4-6-15(19)7-5-14/h3-9,13H,10-11,19H2,1-2H3. The van der Waals surface area contributed by atoms with Gasteiger partial charge in [-0.1, -0.05) is 18.2 Å². The van der Waals surface area contributed by atoms with Crippen molar-refractivity contribution in [3.8, 4) is 5.75 Å². The molecule has 0 aromatic heterocycles. The Morgan fingerprint density at radius 3 is 2.73 bits per heavy atom. The van der Waals surface area contributed by atoms with Crippen molar-refractivity contribution in [2.75, 3.05) is 17.2 Å². The average Bonchev–Trinajstić information content (AvgIpc) is 2.48. The van der Waals surface area contributed by atoms with Crippen molar-refractivity contribution in [2.45, 2.75) is 26.4 Å². The molecular weight excluding hydrogens is 276 g/mol. The SMILES string of the molecule is Cc1ccc2c(c1)OC(C)CN2C(=O)Cc1ccc(N)cc1. The first-order chi connectivity index (χ1) is 10.5. The molecule has 1 unspecified atom stereocenters. The molecule has 1 aliphatic rings. The quantitative estimate of drug-likeness (QED) is 0.867. The number of amides is 1. The van der Waals surface area contributed by atoms with Gasteiger partial charge in [-0.15, -0.1) is 0 Å². The van der Waals surface area contributed by atoms with Crippen LogP contribution in [-0.2, 0) is 11.2 Å². The van der Waals surface area contributed by atoms with Crippen LogP contribution in [0.25, 0.3) is 0 Å². The Morgan fingerprint density at radius 1 is 1.27 bits per heavy atom. The highest BCUT2D eigenvalue weighted by molar-refractivity contribution is 5.96. The monoisotopic (exact) mass is 296 g/mol. The van der Waals surface area contributed by atoms with Gasteiger partial charge in [0.15, 0.2) is 0 Å². The van der Waals surface area contributed by atoms with Gasteiger partial charge in [-0.2, -0.15) is 0 Å². The molecule has 22 heavy (non-hydrogen) atoms. The number of ether oxygens (including phenoxy) is 1. The van der Waals surface area contributed by atoms with E-state index in [1.54, 1.807) is 0 Å². The Hall–Kier alpha value is -2.49. The molecule has 0 spiro atoms. The Labute approximate surface area is 130 Å². The number of nitrogen functional groups attached to an aromatic ring is 1. The number of carbonyl (C=O) groups is 1.